The van der Waals surface area contributed by atoms with E-state index in [-0.39, 0.29) is 6.03 Å². The smallest absolute Gasteiger partial charge is 0.321 e. The average molecular weight is 308 g/mol. The van der Waals surface area contributed by atoms with Gasteiger partial charge in [-0.2, -0.15) is 11.8 Å². The molecule has 0 aromatic heterocycles. The predicted octanol–water partition coefficient (Wildman–Crippen LogP) is 2.63. The first-order valence-electron chi connectivity index (χ1n) is 6.84. The van der Waals surface area contributed by atoms with Gasteiger partial charge < -0.3 is 15.3 Å². The fourth-order valence-corrected chi connectivity index (χ4v) is 2.63. The van der Waals surface area contributed by atoms with Crippen LogP contribution < -0.4 is 5.32 Å². The predicted molar refractivity (Wildman–Crippen MR) is 85.0 cm³/mol. The molecule has 2 N–H and O–H groups in total. The van der Waals surface area contributed by atoms with E-state index in [1.807, 2.05) is 6.26 Å². The Hall–Kier alpha value is -1.69. The van der Waals surface area contributed by atoms with Crippen LogP contribution in [0.4, 0.5) is 10.5 Å². The summed E-state index contributed by atoms with van der Waals surface area (Å²) in [4.78, 5) is 24.8. The van der Waals surface area contributed by atoms with Crippen molar-refractivity contribution in [2.24, 2.45) is 0 Å². The monoisotopic (exact) mass is 308 g/mol. The Labute approximate surface area is 128 Å². The number of thioether (sulfide) groups is 1. The van der Waals surface area contributed by atoms with Gasteiger partial charge in [0.2, 0.25) is 0 Å². The Balaban J connectivity index is 1.97. The van der Waals surface area contributed by atoms with E-state index in [0.29, 0.717) is 25.1 Å². The minimum atomic E-state index is -0.768. The van der Waals surface area contributed by atoms with Crippen LogP contribution in [0.3, 0.4) is 0 Å². The number of carboxylic acids is 1. The van der Waals surface area contributed by atoms with Crippen LogP contribution in [0.2, 0.25) is 0 Å². The molecule has 0 spiro atoms. The molecular weight excluding hydrogens is 288 g/mol. The molecule has 1 aliphatic rings. The first-order chi connectivity index (χ1) is 9.99. The number of nitrogens with one attached hydrogen (secondary N) is 1. The minimum Gasteiger partial charge on any atom is -0.481 e. The Morgan fingerprint density at radius 3 is 2.43 bits per heavy atom. The Morgan fingerprint density at radius 2 is 1.95 bits per heavy atom. The second kappa shape index (κ2) is 6.39. The molecule has 0 atom stereocenters. The third-order valence-electron chi connectivity index (χ3n) is 3.83. The largest absolute Gasteiger partial charge is 0.481 e. The molecule has 0 aliphatic heterocycles. The molecule has 2 amide bonds. The lowest BCUT2D eigenvalue weighted by Crippen LogP contribution is -2.33. The van der Waals surface area contributed by atoms with Gasteiger partial charge in [-0.1, -0.05) is 12.1 Å². The summed E-state index contributed by atoms with van der Waals surface area (Å²) in [7, 11) is 1.75. The van der Waals surface area contributed by atoms with Crippen molar-refractivity contribution >= 4 is 29.4 Å². The highest BCUT2D eigenvalue weighted by Gasteiger charge is 2.51. The molecule has 5 nitrogen and oxygen atoms in total. The van der Waals surface area contributed by atoms with Crippen molar-refractivity contribution < 1.29 is 14.7 Å². The zero-order chi connectivity index (χ0) is 15.5. The molecule has 1 aliphatic carbocycles. The Kier molecular flexibility index (Phi) is 4.77. The molecule has 0 unspecified atom stereocenters. The van der Waals surface area contributed by atoms with Gasteiger partial charge in [0.05, 0.1) is 5.41 Å². The van der Waals surface area contributed by atoms with Crippen LogP contribution in [0.5, 0.6) is 0 Å². The van der Waals surface area contributed by atoms with E-state index in [1.165, 1.54) is 0 Å². The van der Waals surface area contributed by atoms with E-state index in [9.17, 15) is 14.7 Å². The summed E-state index contributed by atoms with van der Waals surface area (Å²) < 4.78 is 0. The summed E-state index contributed by atoms with van der Waals surface area (Å²) in [6.45, 7) is 0.688. The van der Waals surface area contributed by atoms with Crippen molar-refractivity contribution in [1.29, 1.82) is 0 Å². The van der Waals surface area contributed by atoms with E-state index in [0.717, 1.165) is 11.3 Å². The number of carbonyl (C=O) groups excluding carboxylic acids is 1. The van der Waals surface area contributed by atoms with Crippen molar-refractivity contribution in [3.05, 3.63) is 29.8 Å². The SMILES string of the molecule is CSCCN(C)C(=O)Nc1ccc(C2(C(=O)O)CC2)cc1. The summed E-state index contributed by atoms with van der Waals surface area (Å²) in [5.74, 6) is 0.125. The van der Waals surface area contributed by atoms with Crippen LogP contribution in [-0.2, 0) is 10.2 Å². The van der Waals surface area contributed by atoms with Crippen molar-refractivity contribution in [2.75, 3.05) is 30.9 Å². The number of carbonyl (C=O) groups is 2. The Bertz CT molecular complexity index is 526. The molecule has 0 saturated heterocycles. The topological polar surface area (TPSA) is 69.6 Å². The van der Waals surface area contributed by atoms with Gasteiger partial charge in [0, 0.05) is 25.0 Å². The lowest BCUT2D eigenvalue weighted by molar-refractivity contribution is -0.140. The standard InChI is InChI=1S/C15H20N2O3S/c1-17(9-10-21-2)14(20)16-12-5-3-11(4-6-12)15(7-8-15)13(18)19/h3-6H,7-10H2,1-2H3,(H,16,20)(H,18,19). The molecule has 1 saturated carbocycles. The molecule has 1 aromatic rings. The molecule has 114 valence electrons. The zero-order valence-corrected chi connectivity index (χ0v) is 13.1. The number of nitrogens with zero attached hydrogens (tertiary/aromatic N) is 1. The summed E-state index contributed by atoms with van der Waals surface area (Å²) in [6.07, 6.45) is 3.37. The maximum Gasteiger partial charge on any atom is 0.321 e. The highest BCUT2D eigenvalue weighted by Crippen LogP contribution is 2.48. The van der Waals surface area contributed by atoms with E-state index >= 15 is 0 Å². The van der Waals surface area contributed by atoms with Crippen LogP contribution in [0.1, 0.15) is 18.4 Å². The van der Waals surface area contributed by atoms with Crippen LogP contribution in [0.25, 0.3) is 0 Å². The third-order valence-corrected chi connectivity index (χ3v) is 4.42. The number of benzene rings is 1. The van der Waals surface area contributed by atoms with E-state index in [4.69, 9.17) is 0 Å². The molecule has 6 heteroatoms. The molecule has 1 aromatic carbocycles. The first kappa shape index (κ1) is 15.7. The fraction of sp³-hybridized carbons (Fsp3) is 0.467. The number of amides is 2. The summed E-state index contributed by atoms with van der Waals surface area (Å²) in [5, 5.41) is 12.1. The van der Waals surface area contributed by atoms with Crippen LogP contribution in [0, 0.1) is 0 Å². The van der Waals surface area contributed by atoms with Crippen LogP contribution in [0.15, 0.2) is 24.3 Å². The highest BCUT2D eigenvalue weighted by atomic mass is 32.2. The van der Waals surface area contributed by atoms with Gasteiger partial charge in [-0.25, -0.2) is 4.79 Å². The third kappa shape index (κ3) is 3.50. The quantitative estimate of drug-likeness (QED) is 0.847. The van der Waals surface area contributed by atoms with Gasteiger partial charge in [-0.15, -0.1) is 0 Å². The normalized spacial score (nSPS) is 15.3. The molecule has 2 rings (SSSR count). The zero-order valence-electron chi connectivity index (χ0n) is 12.3. The molecule has 0 radical (unpaired) electrons. The van der Waals surface area contributed by atoms with Gasteiger partial charge >= 0.3 is 12.0 Å². The van der Waals surface area contributed by atoms with E-state index < -0.39 is 11.4 Å². The fourth-order valence-electron chi connectivity index (χ4n) is 2.17. The van der Waals surface area contributed by atoms with E-state index in [1.54, 1.807) is 48.0 Å². The van der Waals surface area contributed by atoms with Gasteiger partial charge in [0.1, 0.15) is 0 Å². The Morgan fingerprint density at radius 1 is 1.33 bits per heavy atom. The number of carboxylic acid groups (broad SMARTS) is 1. The van der Waals surface area contributed by atoms with Crippen molar-refractivity contribution in [3.63, 3.8) is 0 Å². The first-order valence-corrected chi connectivity index (χ1v) is 8.24. The van der Waals surface area contributed by atoms with Gasteiger partial charge in [-0.05, 0) is 36.8 Å². The molecule has 0 bridgehead atoms. The number of aliphatic carboxylic acids is 1. The number of anilines is 1. The summed E-state index contributed by atoms with van der Waals surface area (Å²) >= 11 is 1.69. The highest BCUT2D eigenvalue weighted by molar-refractivity contribution is 7.98. The molecule has 0 heterocycles. The van der Waals surface area contributed by atoms with Gasteiger partial charge in [-0.3, -0.25) is 4.79 Å². The average Bonchev–Trinajstić information content (AvgIpc) is 3.27. The second-order valence-corrected chi connectivity index (χ2v) is 6.29. The van der Waals surface area contributed by atoms with Crippen LogP contribution >= 0.6 is 11.8 Å². The molecular formula is C15H20N2O3S. The molecule has 21 heavy (non-hydrogen) atoms. The minimum absolute atomic E-state index is 0.156. The lowest BCUT2D eigenvalue weighted by Gasteiger charge is -2.18. The summed E-state index contributed by atoms with van der Waals surface area (Å²) in [5.41, 5.74) is 0.794. The molecule has 1 fully saturated rings. The summed E-state index contributed by atoms with van der Waals surface area (Å²) in [6, 6.07) is 6.95. The number of urea groups is 1. The van der Waals surface area contributed by atoms with E-state index in [2.05, 4.69) is 5.32 Å². The van der Waals surface area contributed by atoms with Crippen molar-refractivity contribution in [2.45, 2.75) is 18.3 Å². The maximum absolute atomic E-state index is 11.9. The maximum atomic E-state index is 11.9. The van der Waals surface area contributed by atoms with Gasteiger partial charge in [0.15, 0.2) is 0 Å². The van der Waals surface area contributed by atoms with Gasteiger partial charge in [0.25, 0.3) is 0 Å². The van der Waals surface area contributed by atoms with Crippen molar-refractivity contribution in [1.82, 2.24) is 4.90 Å². The number of hydrogen-bond donors (Lipinski definition) is 2. The number of hydrogen-bond acceptors (Lipinski definition) is 3. The lowest BCUT2D eigenvalue weighted by atomic mass is 9.96. The van der Waals surface area contributed by atoms with Crippen LogP contribution in [-0.4, -0.2) is 47.6 Å². The number of rotatable bonds is 6. The van der Waals surface area contributed by atoms with Crippen molar-refractivity contribution in [3.8, 4) is 0 Å². The second-order valence-electron chi connectivity index (χ2n) is 5.31.